The van der Waals surface area contributed by atoms with E-state index in [0.717, 1.165) is 5.56 Å². The number of rotatable bonds is 8. The minimum Gasteiger partial charge on any atom is -0.493 e. The van der Waals surface area contributed by atoms with E-state index in [4.69, 9.17) is 9.47 Å². The van der Waals surface area contributed by atoms with Gasteiger partial charge in [-0.3, -0.25) is 9.59 Å². The molecule has 0 saturated carbocycles. The van der Waals surface area contributed by atoms with Crippen LogP contribution < -0.4 is 20.1 Å². The maximum Gasteiger partial charge on any atom is 0.258 e. The fourth-order valence-corrected chi connectivity index (χ4v) is 2.16. The van der Waals surface area contributed by atoms with Gasteiger partial charge in [-0.25, -0.2) is 0 Å². The summed E-state index contributed by atoms with van der Waals surface area (Å²) >= 11 is 0. The van der Waals surface area contributed by atoms with E-state index < -0.39 is 0 Å². The van der Waals surface area contributed by atoms with Crippen molar-refractivity contribution in [2.45, 2.75) is 6.92 Å². The first-order valence-electron chi connectivity index (χ1n) is 7.97. The lowest BCUT2D eigenvalue weighted by atomic mass is 10.2. The van der Waals surface area contributed by atoms with Gasteiger partial charge in [-0.2, -0.15) is 0 Å². The number of hydrogen-bond acceptors (Lipinski definition) is 4. The molecule has 6 heteroatoms. The van der Waals surface area contributed by atoms with Crippen LogP contribution in [0.3, 0.4) is 0 Å². The van der Waals surface area contributed by atoms with Crippen molar-refractivity contribution >= 4 is 11.8 Å². The maximum absolute atomic E-state index is 11.8. The predicted molar refractivity (Wildman–Crippen MR) is 95.0 cm³/mol. The Balaban J connectivity index is 1.68. The lowest BCUT2D eigenvalue weighted by Crippen LogP contribution is -2.36. The van der Waals surface area contributed by atoms with Gasteiger partial charge in [0.1, 0.15) is 0 Å². The third-order valence-electron chi connectivity index (χ3n) is 3.45. The molecule has 2 aromatic carbocycles. The van der Waals surface area contributed by atoms with Crippen LogP contribution in [-0.2, 0) is 4.79 Å². The van der Waals surface area contributed by atoms with Crippen LogP contribution in [0.4, 0.5) is 0 Å². The zero-order valence-electron chi connectivity index (χ0n) is 14.4. The van der Waals surface area contributed by atoms with E-state index in [1.54, 1.807) is 37.4 Å². The Morgan fingerprint density at radius 3 is 2.40 bits per heavy atom. The van der Waals surface area contributed by atoms with E-state index in [2.05, 4.69) is 10.6 Å². The van der Waals surface area contributed by atoms with Crippen LogP contribution >= 0.6 is 0 Å². The van der Waals surface area contributed by atoms with Gasteiger partial charge in [0.2, 0.25) is 0 Å². The zero-order valence-corrected chi connectivity index (χ0v) is 14.4. The van der Waals surface area contributed by atoms with E-state index in [-0.39, 0.29) is 18.4 Å². The maximum atomic E-state index is 11.8. The van der Waals surface area contributed by atoms with Crippen molar-refractivity contribution in [1.82, 2.24) is 10.6 Å². The minimum atomic E-state index is -0.267. The normalized spacial score (nSPS) is 10.0. The van der Waals surface area contributed by atoms with Crippen LogP contribution in [0.15, 0.2) is 48.5 Å². The molecule has 2 N–H and O–H groups in total. The fourth-order valence-electron chi connectivity index (χ4n) is 2.16. The number of aryl methyl sites for hydroxylation is 1. The summed E-state index contributed by atoms with van der Waals surface area (Å²) in [7, 11) is 1.55. The summed E-state index contributed by atoms with van der Waals surface area (Å²) in [6.45, 7) is 2.49. The van der Waals surface area contributed by atoms with Crippen molar-refractivity contribution in [3.8, 4) is 11.5 Å². The topological polar surface area (TPSA) is 76.7 Å². The Bertz CT molecular complexity index is 717. The number of nitrogens with one attached hydrogen (secondary N) is 2. The number of carbonyl (C=O) groups is 2. The van der Waals surface area contributed by atoms with Crippen molar-refractivity contribution < 1.29 is 19.1 Å². The molecule has 2 amide bonds. The van der Waals surface area contributed by atoms with E-state index in [9.17, 15) is 9.59 Å². The second-order valence-corrected chi connectivity index (χ2v) is 5.41. The molecule has 0 saturated heterocycles. The molecule has 0 aliphatic rings. The number of methoxy groups -OCH3 is 1. The number of benzene rings is 2. The van der Waals surface area contributed by atoms with Gasteiger partial charge in [0, 0.05) is 18.7 Å². The first-order chi connectivity index (χ1) is 12.1. The quantitative estimate of drug-likeness (QED) is 0.719. The molecule has 25 heavy (non-hydrogen) atoms. The van der Waals surface area contributed by atoms with Crippen LogP contribution in [0.2, 0.25) is 0 Å². The standard InChI is InChI=1S/C19H22N2O4/c1-14-8-9-16(17(12-14)24-2)25-13-18(22)20-10-11-21-19(23)15-6-4-3-5-7-15/h3-9,12H,10-11,13H2,1-2H3,(H,20,22)(H,21,23). The Hall–Kier alpha value is -3.02. The van der Waals surface area contributed by atoms with Crippen molar-refractivity contribution in [2.75, 3.05) is 26.8 Å². The predicted octanol–water partition coefficient (Wildman–Crippen LogP) is 1.93. The lowest BCUT2D eigenvalue weighted by Gasteiger charge is -2.11. The smallest absolute Gasteiger partial charge is 0.258 e. The molecule has 0 radical (unpaired) electrons. The molecule has 0 fully saturated rings. The Labute approximate surface area is 147 Å². The molecule has 0 aromatic heterocycles. The van der Waals surface area contributed by atoms with E-state index >= 15 is 0 Å². The highest BCUT2D eigenvalue weighted by atomic mass is 16.5. The SMILES string of the molecule is COc1cc(C)ccc1OCC(=O)NCCNC(=O)c1ccccc1. The Morgan fingerprint density at radius 1 is 0.960 bits per heavy atom. The molecule has 0 heterocycles. The fraction of sp³-hybridized carbons (Fsp3) is 0.263. The van der Waals surface area contributed by atoms with Crippen LogP contribution in [0.1, 0.15) is 15.9 Å². The summed E-state index contributed by atoms with van der Waals surface area (Å²) in [5.41, 5.74) is 1.63. The summed E-state index contributed by atoms with van der Waals surface area (Å²) in [5.74, 6) is 0.663. The van der Waals surface area contributed by atoms with Gasteiger partial charge in [-0.1, -0.05) is 24.3 Å². The molecule has 132 valence electrons. The molecule has 2 aromatic rings. The molecule has 6 nitrogen and oxygen atoms in total. The molecule has 0 unspecified atom stereocenters. The molecule has 2 rings (SSSR count). The first kappa shape index (κ1) is 18.3. The number of ether oxygens (including phenoxy) is 2. The van der Waals surface area contributed by atoms with Gasteiger partial charge in [-0.05, 0) is 36.8 Å². The molecule has 0 bridgehead atoms. The number of carbonyl (C=O) groups excluding carboxylic acids is 2. The summed E-state index contributed by atoms with van der Waals surface area (Å²) in [4.78, 5) is 23.6. The number of hydrogen-bond donors (Lipinski definition) is 2. The lowest BCUT2D eigenvalue weighted by molar-refractivity contribution is -0.123. The highest BCUT2D eigenvalue weighted by Crippen LogP contribution is 2.27. The highest BCUT2D eigenvalue weighted by molar-refractivity contribution is 5.94. The second-order valence-electron chi connectivity index (χ2n) is 5.41. The van der Waals surface area contributed by atoms with Gasteiger partial charge in [-0.15, -0.1) is 0 Å². The molecule has 0 aliphatic heterocycles. The minimum absolute atomic E-state index is 0.119. The third kappa shape index (κ3) is 5.84. The van der Waals surface area contributed by atoms with Crippen LogP contribution in [0.5, 0.6) is 11.5 Å². The van der Waals surface area contributed by atoms with Gasteiger partial charge >= 0.3 is 0 Å². The van der Waals surface area contributed by atoms with Crippen LogP contribution in [0.25, 0.3) is 0 Å². The van der Waals surface area contributed by atoms with Crippen molar-refractivity contribution in [1.29, 1.82) is 0 Å². The zero-order chi connectivity index (χ0) is 18.1. The van der Waals surface area contributed by atoms with Gasteiger partial charge < -0.3 is 20.1 Å². The van der Waals surface area contributed by atoms with Gasteiger partial charge in [0.05, 0.1) is 7.11 Å². The highest BCUT2D eigenvalue weighted by Gasteiger charge is 2.08. The first-order valence-corrected chi connectivity index (χ1v) is 7.97. The molecule has 0 atom stereocenters. The monoisotopic (exact) mass is 342 g/mol. The van der Waals surface area contributed by atoms with E-state index in [1.807, 2.05) is 25.1 Å². The largest absolute Gasteiger partial charge is 0.493 e. The van der Waals surface area contributed by atoms with Crippen molar-refractivity contribution in [3.63, 3.8) is 0 Å². The van der Waals surface area contributed by atoms with E-state index in [0.29, 0.717) is 30.2 Å². The molecular formula is C19H22N2O4. The average molecular weight is 342 g/mol. The Morgan fingerprint density at radius 2 is 1.68 bits per heavy atom. The third-order valence-corrected chi connectivity index (χ3v) is 3.45. The van der Waals surface area contributed by atoms with Gasteiger partial charge in [0.25, 0.3) is 11.8 Å². The van der Waals surface area contributed by atoms with E-state index in [1.165, 1.54) is 0 Å². The Kier molecular flexibility index (Phi) is 6.83. The van der Waals surface area contributed by atoms with Gasteiger partial charge in [0.15, 0.2) is 18.1 Å². The molecular weight excluding hydrogens is 320 g/mol. The molecule has 0 aliphatic carbocycles. The van der Waals surface area contributed by atoms with Crippen molar-refractivity contribution in [3.05, 3.63) is 59.7 Å². The summed E-state index contributed by atoms with van der Waals surface area (Å²) in [6.07, 6.45) is 0. The van der Waals surface area contributed by atoms with Crippen LogP contribution in [0, 0.1) is 6.92 Å². The summed E-state index contributed by atoms with van der Waals surface area (Å²) in [5, 5.41) is 5.43. The summed E-state index contributed by atoms with van der Waals surface area (Å²) in [6, 6.07) is 14.4. The molecule has 0 spiro atoms. The average Bonchev–Trinajstić information content (AvgIpc) is 2.64. The van der Waals surface area contributed by atoms with Crippen LogP contribution in [-0.4, -0.2) is 38.6 Å². The van der Waals surface area contributed by atoms with Crippen molar-refractivity contribution in [2.24, 2.45) is 0 Å². The summed E-state index contributed by atoms with van der Waals surface area (Å²) < 4.78 is 10.7. The number of amides is 2. The second kappa shape index (κ2) is 9.32.